The summed E-state index contributed by atoms with van der Waals surface area (Å²) in [6.07, 6.45) is 3.81. The predicted octanol–water partition coefficient (Wildman–Crippen LogP) is 13.2. The molecule has 3 aromatic heterocycles. The second-order valence-electron chi connectivity index (χ2n) is 19.6. The van der Waals surface area contributed by atoms with E-state index in [0.717, 1.165) is 16.7 Å². The fourth-order valence-electron chi connectivity index (χ4n) is 8.51. The number of aromatic nitrogens is 6. The molecule has 3 heterocycles. The molecule has 0 unspecified atom stereocenters. The van der Waals surface area contributed by atoms with Crippen LogP contribution in [0.15, 0.2) is 219 Å². The van der Waals surface area contributed by atoms with E-state index in [2.05, 4.69) is 56.5 Å². The van der Waals surface area contributed by atoms with E-state index in [-0.39, 0.29) is 51.6 Å². The van der Waals surface area contributed by atoms with Crippen LogP contribution < -0.4 is 74.0 Å². The highest BCUT2D eigenvalue weighted by Crippen LogP contribution is 2.35. The average Bonchev–Trinajstić information content (AvgIpc) is 1.19. The molecule has 0 radical (unpaired) electrons. The van der Waals surface area contributed by atoms with Crippen molar-refractivity contribution < 1.29 is 33.3 Å². The SMILES string of the molecule is COc1ccc(NC(=O)c2c(N)ncnc2Nc2ccc(OCc3ccccc3)c(Cl)c2)cc1.NNC(=O)c1c(N)ncnc1Nc1ccc(OCc2ccccc2)c(Cl)c1.Nc1ncnc(Nc2ccc(OCc3ccccc3)c(Cl)c2)c1C(=O)Nc1ccccc1. The number of amides is 3. The van der Waals surface area contributed by atoms with Crippen LogP contribution >= 0.6 is 34.8 Å². The molecule has 0 aliphatic heterocycles. The molecule has 0 spiro atoms. The van der Waals surface area contributed by atoms with Gasteiger partial charge in [0.25, 0.3) is 17.7 Å². The first kappa shape index (κ1) is 65.7. The number of nitrogens with zero attached hydrogens (tertiary/aromatic N) is 6. The van der Waals surface area contributed by atoms with Gasteiger partial charge >= 0.3 is 0 Å². The topological polar surface area (TPSA) is 342 Å². The maximum atomic E-state index is 13.0. The third-order valence-corrected chi connectivity index (χ3v) is 14.0. The summed E-state index contributed by atoms with van der Waals surface area (Å²) in [5.41, 5.74) is 26.2. The van der Waals surface area contributed by atoms with E-state index >= 15 is 0 Å². The molecule has 0 aliphatic rings. The van der Waals surface area contributed by atoms with E-state index in [0.29, 0.717) is 86.3 Å². The highest BCUT2D eigenvalue weighted by Gasteiger charge is 2.22. The Morgan fingerprint density at radius 2 is 0.688 bits per heavy atom. The van der Waals surface area contributed by atoms with Gasteiger partial charge in [-0.2, -0.15) is 0 Å². The van der Waals surface area contributed by atoms with Gasteiger partial charge in [-0.3, -0.25) is 19.8 Å². The third-order valence-electron chi connectivity index (χ3n) is 13.1. The normalized spacial score (nSPS) is 10.4. The van der Waals surface area contributed by atoms with Gasteiger partial charge < -0.3 is 62.7 Å². The highest BCUT2D eigenvalue weighted by atomic mass is 35.5. The van der Waals surface area contributed by atoms with E-state index in [1.165, 1.54) is 19.0 Å². The maximum Gasteiger partial charge on any atom is 0.272 e. The zero-order valence-corrected chi connectivity index (χ0v) is 51.7. The molecular weight excluding hydrogens is 1250 g/mol. The largest absolute Gasteiger partial charge is 0.497 e. The number of carbonyl (C=O) groups is 3. The zero-order chi connectivity index (χ0) is 65.5. The third kappa shape index (κ3) is 18.7. The molecule has 11 aromatic rings. The lowest BCUT2D eigenvalue weighted by atomic mass is 10.2. The number of nitrogens with two attached hydrogens (primary N) is 4. The Labute approximate surface area is 548 Å². The molecule has 0 fully saturated rings. The summed E-state index contributed by atoms with van der Waals surface area (Å²) < 4.78 is 22.5. The molecule has 0 saturated carbocycles. The number of para-hydroxylation sites is 1. The van der Waals surface area contributed by atoms with Crippen molar-refractivity contribution in [3.05, 3.63) is 268 Å². The summed E-state index contributed by atoms with van der Waals surface area (Å²) in [7, 11) is 1.57. The van der Waals surface area contributed by atoms with Gasteiger partial charge in [0.1, 0.15) is 113 Å². The summed E-state index contributed by atoms with van der Waals surface area (Å²) in [5.74, 6) is 6.81. The van der Waals surface area contributed by atoms with Crippen molar-refractivity contribution in [3.8, 4) is 23.0 Å². The fourth-order valence-corrected chi connectivity index (χ4v) is 9.22. The molecule has 0 bridgehead atoms. The van der Waals surface area contributed by atoms with Gasteiger partial charge in [-0.15, -0.1) is 0 Å². The highest BCUT2D eigenvalue weighted by molar-refractivity contribution is 6.33. The molecular formula is C67H59Cl3N16O7. The summed E-state index contributed by atoms with van der Waals surface area (Å²) in [6.45, 7) is 1.20. The molecule has 23 nitrogen and oxygen atoms in total. The Bertz CT molecular complexity index is 4330. The van der Waals surface area contributed by atoms with E-state index in [1.807, 2.05) is 115 Å². The molecule has 14 N–H and O–H groups in total. The number of methoxy groups -OCH3 is 1. The van der Waals surface area contributed by atoms with E-state index in [4.69, 9.17) is 76.8 Å². The first-order valence-electron chi connectivity index (χ1n) is 28.1. The first-order valence-corrected chi connectivity index (χ1v) is 29.2. The molecule has 3 amide bonds. The smallest absolute Gasteiger partial charge is 0.272 e. The van der Waals surface area contributed by atoms with Crippen molar-refractivity contribution in [2.75, 3.05) is 50.9 Å². The van der Waals surface area contributed by atoms with Crippen molar-refractivity contribution in [2.24, 2.45) is 5.84 Å². The van der Waals surface area contributed by atoms with Gasteiger partial charge in [0, 0.05) is 28.4 Å². The van der Waals surface area contributed by atoms with Gasteiger partial charge in [-0.25, -0.2) is 35.7 Å². The van der Waals surface area contributed by atoms with Gasteiger partial charge in [0.15, 0.2) is 0 Å². The first-order chi connectivity index (χ1) is 45.2. The number of rotatable bonds is 21. The maximum absolute atomic E-state index is 13.0. The second kappa shape index (κ2) is 32.6. The van der Waals surface area contributed by atoms with Crippen molar-refractivity contribution >= 4 is 116 Å². The van der Waals surface area contributed by atoms with E-state index < -0.39 is 17.7 Å². The quantitative estimate of drug-likeness (QED) is 0.0181. The van der Waals surface area contributed by atoms with E-state index in [1.54, 1.807) is 98.1 Å². The number of ether oxygens (including phenoxy) is 4. The van der Waals surface area contributed by atoms with Crippen LogP contribution in [0.5, 0.6) is 23.0 Å². The number of carbonyl (C=O) groups excluding carboxylic acids is 3. The Kier molecular flexibility index (Phi) is 23.1. The molecule has 0 aliphatic carbocycles. The number of nitrogens with one attached hydrogen (secondary N) is 6. The zero-order valence-electron chi connectivity index (χ0n) is 49.4. The number of hydrogen-bond donors (Lipinski definition) is 10. The Morgan fingerprint density at radius 1 is 0.387 bits per heavy atom. The molecule has 26 heteroatoms. The second-order valence-corrected chi connectivity index (χ2v) is 20.8. The van der Waals surface area contributed by atoms with Crippen molar-refractivity contribution in [2.45, 2.75) is 19.8 Å². The molecule has 0 atom stereocenters. The monoisotopic (exact) mass is 1300 g/mol. The van der Waals surface area contributed by atoms with Crippen LogP contribution in [-0.2, 0) is 19.8 Å². The number of hydrazine groups is 1. The Hall–Kier alpha value is -11.8. The summed E-state index contributed by atoms with van der Waals surface area (Å²) in [4.78, 5) is 61.8. The van der Waals surface area contributed by atoms with Crippen LogP contribution in [-0.4, -0.2) is 54.7 Å². The number of benzene rings is 8. The number of halogens is 3. The lowest BCUT2D eigenvalue weighted by Gasteiger charge is -2.14. The minimum atomic E-state index is -0.607. The van der Waals surface area contributed by atoms with Crippen LogP contribution in [0.3, 0.4) is 0 Å². The lowest BCUT2D eigenvalue weighted by molar-refractivity contribution is 0.0953. The minimum Gasteiger partial charge on any atom is -0.497 e. The van der Waals surface area contributed by atoms with Crippen LogP contribution in [0.4, 0.5) is 63.3 Å². The summed E-state index contributed by atoms with van der Waals surface area (Å²) >= 11 is 19.1. The molecule has 8 aromatic carbocycles. The van der Waals surface area contributed by atoms with Crippen molar-refractivity contribution in [1.82, 2.24) is 35.3 Å². The molecule has 11 rings (SSSR count). The minimum absolute atomic E-state index is 0.00404. The summed E-state index contributed by atoms with van der Waals surface area (Å²) in [6, 6.07) is 60.9. The number of anilines is 11. The van der Waals surface area contributed by atoms with Crippen LogP contribution in [0.2, 0.25) is 15.1 Å². The van der Waals surface area contributed by atoms with Gasteiger partial charge in [0.05, 0.1) is 22.2 Å². The fraction of sp³-hybridized carbons (Fsp3) is 0.0597. The standard InChI is InChI=1S/C25H22ClN5O3.C24H20ClN5O2.C18H17ClN6O2/c1-33-19-10-7-17(8-11-19)31-25(32)22-23(27)28-15-29-24(22)30-18-9-12-21(20(26)13-18)34-14-16-5-3-2-4-6-16;25-19-13-18(11-12-20(19)32-14-16-7-3-1-4-8-16)29-23-21(22(26)27-15-28-23)24(31)30-17-9-5-2-6-10-17;19-13-8-12(6-7-14(13)27-9-11-4-2-1-3-5-11)24-17-15(18(26)25-21)16(20)22-10-23-17/h2-13,15H,14H2,1H3,(H,31,32)(H3,27,28,29,30);1-13,15H,14H2,(H,30,31)(H3,26,27,28,29);1-8,10H,9,21H2,(H,25,26)(H3,20,22,23,24). The van der Waals surface area contributed by atoms with E-state index in [9.17, 15) is 14.4 Å². The van der Waals surface area contributed by atoms with Gasteiger partial charge in [0.2, 0.25) is 0 Å². The Morgan fingerprint density at radius 3 is 1.00 bits per heavy atom. The predicted molar refractivity (Wildman–Crippen MR) is 363 cm³/mol. The van der Waals surface area contributed by atoms with Gasteiger partial charge in [-0.05, 0) is 108 Å². The molecule has 470 valence electrons. The van der Waals surface area contributed by atoms with Crippen LogP contribution in [0.25, 0.3) is 0 Å². The van der Waals surface area contributed by atoms with Crippen LogP contribution in [0, 0.1) is 0 Å². The number of hydrogen-bond acceptors (Lipinski definition) is 20. The van der Waals surface area contributed by atoms with Crippen LogP contribution in [0.1, 0.15) is 47.8 Å². The molecule has 0 saturated heterocycles. The van der Waals surface area contributed by atoms with Gasteiger partial charge in [-0.1, -0.05) is 144 Å². The lowest BCUT2D eigenvalue weighted by Crippen LogP contribution is -2.31. The van der Waals surface area contributed by atoms with Crippen molar-refractivity contribution in [1.29, 1.82) is 0 Å². The van der Waals surface area contributed by atoms with Crippen molar-refractivity contribution in [3.63, 3.8) is 0 Å². The summed E-state index contributed by atoms with van der Waals surface area (Å²) in [5, 5.41) is 16.0. The average molecular weight is 1310 g/mol. The molecule has 93 heavy (non-hydrogen) atoms. The Balaban J connectivity index is 0.000000166. The number of nitrogen functional groups attached to an aromatic ring is 4.